The van der Waals surface area contributed by atoms with E-state index in [0.29, 0.717) is 12.0 Å². The molecule has 0 unspecified atom stereocenters. The Bertz CT molecular complexity index is 354. The quantitative estimate of drug-likeness (QED) is 0.441. The minimum Gasteiger partial charge on any atom is -0.302 e. The van der Waals surface area contributed by atoms with E-state index in [4.69, 9.17) is 12.2 Å². The van der Waals surface area contributed by atoms with Crippen LogP contribution in [0.15, 0.2) is 12.2 Å². The highest BCUT2D eigenvalue weighted by atomic mass is 32.1. The predicted molar refractivity (Wildman–Crippen MR) is 65.6 cm³/mol. The van der Waals surface area contributed by atoms with Gasteiger partial charge in [0.2, 0.25) is 11.8 Å². The van der Waals surface area contributed by atoms with Crippen LogP contribution in [-0.4, -0.2) is 16.9 Å². The smallest absolute Gasteiger partial charge is 0.245 e. The number of carbonyl (C=O) groups excluding carboxylic acids is 2. The number of carbonyl (C=O) groups is 2. The summed E-state index contributed by atoms with van der Waals surface area (Å²) >= 11 is 4.77. The van der Waals surface area contributed by atoms with Crippen molar-refractivity contribution in [1.82, 2.24) is 10.6 Å². The molecule has 0 aromatic carbocycles. The third-order valence-corrected chi connectivity index (χ3v) is 2.88. The lowest BCUT2D eigenvalue weighted by molar-refractivity contribution is -0.141. The monoisotopic (exact) mass is 240 g/mol. The van der Waals surface area contributed by atoms with E-state index in [-0.39, 0.29) is 22.8 Å². The van der Waals surface area contributed by atoms with E-state index in [9.17, 15) is 9.59 Å². The highest BCUT2D eigenvalue weighted by molar-refractivity contribution is 7.80. The summed E-state index contributed by atoms with van der Waals surface area (Å²) in [6, 6.07) is 0. The fraction of sp³-hybridized carbons (Fsp3) is 0.545. The molecule has 0 saturated carbocycles. The molecule has 0 aromatic rings. The normalized spacial score (nSPS) is 19.4. The highest BCUT2D eigenvalue weighted by Gasteiger charge is 2.50. The molecule has 88 valence electrons. The molecule has 1 rings (SSSR count). The van der Waals surface area contributed by atoms with Crippen LogP contribution in [0.25, 0.3) is 0 Å². The summed E-state index contributed by atoms with van der Waals surface area (Å²) in [5, 5.41) is 5.04. The van der Waals surface area contributed by atoms with E-state index in [2.05, 4.69) is 17.2 Å². The van der Waals surface area contributed by atoms with Crippen LogP contribution in [-0.2, 0) is 9.59 Å². The Hall–Kier alpha value is -1.23. The van der Waals surface area contributed by atoms with Crippen molar-refractivity contribution in [2.24, 2.45) is 11.3 Å². The van der Waals surface area contributed by atoms with Crippen molar-refractivity contribution in [3.8, 4) is 0 Å². The Labute approximate surface area is 100 Å². The first-order valence-corrected chi connectivity index (χ1v) is 5.54. The molecule has 0 atom stereocenters. The van der Waals surface area contributed by atoms with Gasteiger partial charge in [-0.25, -0.2) is 0 Å². The SMILES string of the molecule is C=C(C)C1(CC(C)C)C(=O)NC(=S)NC1=O. The maximum absolute atomic E-state index is 12.0. The second kappa shape index (κ2) is 4.33. The Morgan fingerprint density at radius 2 is 1.81 bits per heavy atom. The third kappa shape index (κ3) is 2.00. The predicted octanol–water partition coefficient (Wildman–Crippen LogP) is 1.13. The van der Waals surface area contributed by atoms with Crippen LogP contribution in [0.4, 0.5) is 0 Å². The van der Waals surface area contributed by atoms with Crippen molar-refractivity contribution in [3.63, 3.8) is 0 Å². The molecule has 1 saturated heterocycles. The van der Waals surface area contributed by atoms with Gasteiger partial charge in [-0.05, 0) is 31.5 Å². The minimum absolute atomic E-state index is 0.0654. The molecule has 1 fully saturated rings. The number of rotatable bonds is 3. The van der Waals surface area contributed by atoms with Gasteiger partial charge in [-0.1, -0.05) is 26.0 Å². The number of hydrogen-bond donors (Lipinski definition) is 2. The van der Waals surface area contributed by atoms with Crippen molar-refractivity contribution in [2.45, 2.75) is 27.2 Å². The van der Waals surface area contributed by atoms with Gasteiger partial charge in [-0.15, -0.1) is 0 Å². The van der Waals surface area contributed by atoms with Crippen molar-refractivity contribution < 1.29 is 9.59 Å². The van der Waals surface area contributed by atoms with Crippen LogP contribution in [0, 0.1) is 11.3 Å². The topological polar surface area (TPSA) is 58.2 Å². The molecule has 0 bridgehead atoms. The lowest BCUT2D eigenvalue weighted by Gasteiger charge is -2.36. The van der Waals surface area contributed by atoms with E-state index in [0.717, 1.165) is 0 Å². The zero-order chi connectivity index (χ0) is 12.5. The van der Waals surface area contributed by atoms with Crippen LogP contribution in [0.1, 0.15) is 27.2 Å². The Morgan fingerprint density at radius 1 is 1.38 bits per heavy atom. The van der Waals surface area contributed by atoms with Crippen LogP contribution in [0.3, 0.4) is 0 Å². The molecule has 0 radical (unpaired) electrons. The van der Waals surface area contributed by atoms with E-state index >= 15 is 0 Å². The van der Waals surface area contributed by atoms with Gasteiger partial charge in [0, 0.05) is 0 Å². The molecule has 0 aliphatic carbocycles. The maximum atomic E-state index is 12.0. The van der Waals surface area contributed by atoms with E-state index in [1.807, 2.05) is 13.8 Å². The first-order chi connectivity index (χ1) is 7.30. The lowest BCUT2D eigenvalue weighted by Crippen LogP contribution is -2.63. The number of hydrogen-bond acceptors (Lipinski definition) is 3. The summed E-state index contributed by atoms with van der Waals surface area (Å²) in [7, 11) is 0. The summed E-state index contributed by atoms with van der Waals surface area (Å²) in [6.45, 7) is 9.37. The molecular weight excluding hydrogens is 224 g/mol. The number of amides is 2. The van der Waals surface area contributed by atoms with Gasteiger partial charge >= 0.3 is 0 Å². The zero-order valence-corrected chi connectivity index (χ0v) is 10.5. The minimum atomic E-state index is -1.18. The Morgan fingerprint density at radius 3 is 2.12 bits per heavy atom. The largest absolute Gasteiger partial charge is 0.302 e. The van der Waals surface area contributed by atoms with Gasteiger partial charge in [-0.3, -0.25) is 9.59 Å². The van der Waals surface area contributed by atoms with E-state index in [1.165, 1.54) is 0 Å². The van der Waals surface area contributed by atoms with Gasteiger partial charge in [-0.2, -0.15) is 0 Å². The van der Waals surface area contributed by atoms with Crippen molar-refractivity contribution in [1.29, 1.82) is 0 Å². The van der Waals surface area contributed by atoms with Gasteiger partial charge in [0.1, 0.15) is 5.41 Å². The van der Waals surface area contributed by atoms with E-state index < -0.39 is 5.41 Å². The van der Waals surface area contributed by atoms with Crippen LogP contribution in [0.2, 0.25) is 0 Å². The molecule has 2 N–H and O–H groups in total. The van der Waals surface area contributed by atoms with Crippen molar-refractivity contribution in [3.05, 3.63) is 12.2 Å². The third-order valence-electron chi connectivity index (χ3n) is 2.67. The van der Waals surface area contributed by atoms with Gasteiger partial charge < -0.3 is 10.6 Å². The van der Waals surface area contributed by atoms with Crippen molar-refractivity contribution in [2.75, 3.05) is 0 Å². The van der Waals surface area contributed by atoms with Gasteiger partial charge in [0.15, 0.2) is 5.11 Å². The molecule has 1 aliphatic heterocycles. The summed E-state index contributed by atoms with van der Waals surface area (Å²) in [5.41, 5.74) is -0.644. The molecule has 1 aliphatic rings. The van der Waals surface area contributed by atoms with Gasteiger partial charge in [0.25, 0.3) is 0 Å². The molecular formula is C11H16N2O2S. The first kappa shape index (κ1) is 12.8. The molecule has 5 heteroatoms. The summed E-state index contributed by atoms with van der Waals surface area (Å²) in [5.74, 6) is -0.537. The van der Waals surface area contributed by atoms with Crippen LogP contribution in [0.5, 0.6) is 0 Å². The van der Waals surface area contributed by atoms with E-state index in [1.54, 1.807) is 6.92 Å². The second-order valence-corrected chi connectivity index (χ2v) is 4.93. The molecule has 4 nitrogen and oxygen atoms in total. The van der Waals surface area contributed by atoms with Crippen molar-refractivity contribution >= 4 is 29.1 Å². The summed E-state index contributed by atoms with van der Waals surface area (Å²) < 4.78 is 0. The molecule has 0 aromatic heterocycles. The summed E-state index contributed by atoms with van der Waals surface area (Å²) in [6.07, 6.45) is 0.433. The molecule has 0 spiro atoms. The Kier molecular flexibility index (Phi) is 3.48. The Balaban J connectivity index is 3.17. The number of thiocarbonyl (C=S) groups is 1. The fourth-order valence-electron chi connectivity index (χ4n) is 1.91. The first-order valence-electron chi connectivity index (χ1n) is 5.13. The fourth-order valence-corrected chi connectivity index (χ4v) is 2.10. The molecule has 16 heavy (non-hydrogen) atoms. The average Bonchev–Trinajstić information content (AvgIpc) is 2.10. The maximum Gasteiger partial charge on any atom is 0.245 e. The van der Waals surface area contributed by atoms with Crippen LogP contribution >= 0.6 is 12.2 Å². The second-order valence-electron chi connectivity index (χ2n) is 4.52. The lowest BCUT2D eigenvalue weighted by atomic mass is 9.72. The highest BCUT2D eigenvalue weighted by Crippen LogP contribution is 2.35. The van der Waals surface area contributed by atoms with Crippen LogP contribution < -0.4 is 10.6 Å². The molecule has 1 heterocycles. The average molecular weight is 240 g/mol. The standard InChI is InChI=1S/C11H16N2O2S/c1-6(2)5-11(7(3)4)8(14)12-10(16)13-9(11)15/h6H,3,5H2,1-2,4H3,(H2,12,13,14,15,16). The summed E-state index contributed by atoms with van der Waals surface area (Å²) in [4.78, 5) is 24.0. The van der Waals surface area contributed by atoms with Gasteiger partial charge in [0.05, 0.1) is 0 Å². The zero-order valence-electron chi connectivity index (χ0n) is 9.72. The number of nitrogens with one attached hydrogen (secondary N) is 2. The molecule has 2 amide bonds.